The molecule has 0 fully saturated rings. The number of halogens is 3. The summed E-state index contributed by atoms with van der Waals surface area (Å²) in [6.45, 7) is 3.86. The van der Waals surface area contributed by atoms with Gasteiger partial charge < -0.3 is 9.30 Å². The van der Waals surface area contributed by atoms with Crippen LogP contribution in [0, 0.1) is 17.2 Å². The maximum atomic E-state index is 13.4. The zero-order chi connectivity index (χ0) is 22.6. The second-order valence-electron chi connectivity index (χ2n) is 7.40. The zero-order valence-electron chi connectivity index (χ0n) is 17.0. The number of carbonyl (C=O) groups is 1. The van der Waals surface area contributed by atoms with E-state index in [1.54, 1.807) is 29.0 Å². The van der Waals surface area contributed by atoms with Crippen molar-refractivity contribution >= 4 is 23.1 Å². The third-order valence-electron chi connectivity index (χ3n) is 4.52. The van der Waals surface area contributed by atoms with Crippen molar-refractivity contribution in [3.05, 3.63) is 71.1 Å². The van der Waals surface area contributed by atoms with E-state index in [9.17, 15) is 23.2 Å². The van der Waals surface area contributed by atoms with Crippen molar-refractivity contribution in [2.24, 2.45) is 5.92 Å². The molecule has 5 nitrogen and oxygen atoms in total. The van der Waals surface area contributed by atoms with Crippen LogP contribution >= 0.6 is 0 Å². The summed E-state index contributed by atoms with van der Waals surface area (Å²) in [5.74, 6) is -0.632. The Morgan fingerprint density at radius 2 is 2.00 bits per heavy atom. The SMILES string of the molecule is CC(C)COC(=O)/C(C#N)=C/c1cn(Cc2ccccc2C(F)(F)F)c2ncccc12. The molecule has 8 heteroatoms. The first kappa shape index (κ1) is 22.1. The standard InChI is InChI=1S/C23H20F3N3O2/c1-15(2)14-31-22(30)17(11-27)10-18-13-29(21-19(18)7-5-9-28-21)12-16-6-3-4-8-20(16)23(24,25)26/h3-10,13,15H,12,14H2,1-2H3/b17-10+. The van der Waals surface area contributed by atoms with E-state index >= 15 is 0 Å². The maximum Gasteiger partial charge on any atom is 0.416 e. The average molecular weight is 427 g/mol. The number of carbonyl (C=O) groups excluding carboxylic acids is 1. The van der Waals surface area contributed by atoms with Crippen molar-refractivity contribution in [2.45, 2.75) is 26.6 Å². The predicted molar refractivity (Wildman–Crippen MR) is 110 cm³/mol. The number of benzene rings is 1. The summed E-state index contributed by atoms with van der Waals surface area (Å²) in [5, 5.41) is 10.0. The van der Waals surface area contributed by atoms with Gasteiger partial charge in [-0.3, -0.25) is 0 Å². The lowest BCUT2D eigenvalue weighted by molar-refractivity contribution is -0.139. The summed E-state index contributed by atoms with van der Waals surface area (Å²) < 4.78 is 46.8. The van der Waals surface area contributed by atoms with Crippen LogP contribution in [0.25, 0.3) is 17.1 Å². The van der Waals surface area contributed by atoms with Gasteiger partial charge in [-0.1, -0.05) is 32.0 Å². The van der Waals surface area contributed by atoms with E-state index in [1.165, 1.54) is 24.4 Å². The van der Waals surface area contributed by atoms with E-state index in [0.29, 0.717) is 16.6 Å². The maximum absolute atomic E-state index is 13.4. The lowest BCUT2D eigenvalue weighted by Gasteiger charge is -2.13. The molecule has 0 bridgehead atoms. The predicted octanol–water partition coefficient (Wildman–Crippen LogP) is 5.21. The molecule has 0 spiro atoms. The Balaban J connectivity index is 2.02. The van der Waals surface area contributed by atoms with Crippen molar-refractivity contribution in [2.75, 3.05) is 6.61 Å². The third-order valence-corrected chi connectivity index (χ3v) is 4.52. The fourth-order valence-electron chi connectivity index (χ4n) is 3.12. The normalized spacial score (nSPS) is 12.2. The van der Waals surface area contributed by atoms with Gasteiger partial charge in [0.25, 0.3) is 0 Å². The van der Waals surface area contributed by atoms with Gasteiger partial charge in [0.2, 0.25) is 0 Å². The monoisotopic (exact) mass is 427 g/mol. The van der Waals surface area contributed by atoms with Crippen molar-refractivity contribution in [1.82, 2.24) is 9.55 Å². The molecule has 0 saturated carbocycles. The van der Waals surface area contributed by atoms with E-state index in [4.69, 9.17) is 4.74 Å². The molecule has 0 unspecified atom stereocenters. The highest BCUT2D eigenvalue weighted by atomic mass is 19.4. The number of hydrogen-bond acceptors (Lipinski definition) is 4. The largest absolute Gasteiger partial charge is 0.461 e. The highest BCUT2D eigenvalue weighted by molar-refractivity contribution is 6.00. The molecule has 160 valence electrons. The van der Waals surface area contributed by atoms with Gasteiger partial charge >= 0.3 is 12.1 Å². The van der Waals surface area contributed by atoms with Gasteiger partial charge in [0.05, 0.1) is 12.2 Å². The van der Waals surface area contributed by atoms with Gasteiger partial charge in [-0.25, -0.2) is 9.78 Å². The van der Waals surface area contributed by atoms with Gasteiger partial charge in [0, 0.05) is 29.9 Å². The second-order valence-corrected chi connectivity index (χ2v) is 7.40. The van der Waals surface area contributed by atoms with Crippen molar-refractivity contribution in [3.63, 3.8) is 0 Å². The number of fused-ring (bicyclic) bond motifs is 1. The fourth-order valence-corrected chi connectivity index (χ4v) is 3.12. The molecule has 0 radical (unpaired) electrons. The molecule has 0 amide bonds. The van der Waals surface area contributed by atoms with Crippen LogP contribution in [0.5, 0.6) is 0 Å². The first-order chi connectivity index (χ1) is 14.7. The number of hydrogen-bond donors (Lipinski definition) is 0. The third kappa shape index (κ3) is 5.12. The van der Waals surface area contributed by atoms with Crippen LogP contribution in [0.2, 0.25) is 0 Å². The number of nitriles is 1. The smallest absolute Gasteiger partial charge is 0.416 e. The number of nitrogens with zero attached hydrogens (tertiary/aromatic N) is 3. The number of esters is 1. The van der Waals surface area contributed by atoms with Crippen LogP contribution < -0.4 is 0 Å². The molecular formula is C23H20F3N3O2. The van der Waals surface area contributed by atoms with Gasteiger partial charge in [0.1, 0.15) is 17.3 Å². The van der Waals surface area contributed by atoms with Crippen LogP contribution in [0.15, 0.2) is 54.4 Å². The molecule has 0 N–H and O–H groups in total. The van der Waals surface area contributed by atoms with Crippen LogP contribution in [0.4, 0.5) is 13.2 Å². The topological polar surface area (TPSA) is 67.9 Å². The minimum Gasteiger partial charge on any atom is -0.461 e. The summed E-state index contributed by atoms with van der Waals surface area (Å²) in [4.78, 5) is 16.5. The van der Waals surface area contributed by atoms with Gasteiger partial charge in [-0.05, 0) is 35.8 Å². The number of rotatable bonds is 6. The number of aromatic nitrogens is 2. The number of ether oxygens (including phenoxy) is 1. The minimum atomic E-state index is -4.48. The Labute approximate surface area is 177 Å². The summed E-state index contributed by atoms with van der Waals surface area (Å²) in [7, 11) is 0. The molecule has 0 saturated heterocycles. The van der Waals surface area contributed by atoms with E-state index < -0.39 is 17.7 Å². The van der Waals surface area contributed by atoms with Crippen LogP contribution in [-0.4, -0.2) is 22.1 Å². The van der Waals surface area contributed by atoms with Crippen LogP contribution in [0.1, 0.15) is 30.5 Å². The fraction of sp³-hybridized carbons (Fsp3) is 0.261. The molecule has 0 aliphatic carbocycles. The molecular weight excluding hydrogens is 407 g/mol. The first-order valence-electron chi connectivity index (χ1n) is 9.58. The van der Waals surface area contributed by atoms with Gasteiger partial charge in [-0.15, -0.1) is 0 Å². The minimum absolute atomic E-state index is 0.0727. The summed E-state index contributed by atoms with van der Waals surface area (Å²) >= 11 is 0. The lowest BCUT2D eigenvalue weighted by atomic mass is 10.1. The Morgan fingerprint density at radius 1 is 1.26 bits per heavy atom. The highest BCUT2D eigenvalue weighted by Gasteiger charge is 2.33. The number of alkyl halides is 3. The zero-order valence-corrected chi connectivity index (χ0v) is 17.0. The molecule has 1 aromatic carbocycles. The Morgan fingerprint density at radius 3 is 2.68 bits per heavy atom. The molecule has 0 aliphatic rings. The second kappa shape index (κ2) is 9.04. The molecule has 0 aliphatic heterocycles. The lowest BCUT2D eigenvalue weighted by Crippen LogP contribution is -2.11. The quantitative estimate of drug-likeness (QED) is 0.308. The Bertz CT molecular complexity index is 1170. The van der Waals surface area contributed by atoms with E-state index in [1.807, 2.05) is 19.9 Å². The molecule has 2 heterocycles. The van der Waals surface area contributed by atoms with E-state index in [0.717, 1.165) is 6.07 Å². The Hall–Kier alpha value is -3.60. The molecule has 31 heavy (non-hydrogen) atoms. The van der Waals surface area contributed by atoms with Crippen molar-refractivity contribution in [1.29, 1.82) is 5.26 Å². The summed E-state index contributed by atoms with van der Waals surface area (Å²) in [6, 6.07) is 10.6. The molecule has 0 atom stereocenters. The van der Waals surface area contributed by atoms with Crippen molar-refractivity contribution in [3.8, 4) is 6.07 Å². The van der Waals surface area contributed by atoms with E-state index in [2.05, 4.69) is 4.98 Å². The van der Waals surface area contributed by atoms with Crippen LogP contribution in [-0.2, 0) is 22.3 Å². The van der Waals surface area contributed by atoms with Crippen LogP contribution in [0.3, 0.4) is 0 Å². The number of pyridine rings is 1. The molecule has 3 rings (SSSR count). The Kier molecular flexibility index (Phi) is 6.44. The van der Waals surface area contributed by atoms with Gasteiger partial charge in [-0.2, -0.15) is 18.4 Å². The molecule has 3 aromatic rings. The highest BCUT2D eigenvalue weighted by Crippen LogP contribution is 2.33. The summed E-state index contributed by atoms with van der Waals surface area (Å²) in [5.41, 5.74) is 0.105. The van der Waals surface area contributed by atoms with Crippen molar-refractivity contribution < 1.29 is 22.7 Å². The van der Waals surface area contributed by atoms with E-state index in [-0.39, 0.29) is 30.2 Å². The first-order valence-corrected chi connectivity index (χ1v) is 9.58. The summed E-state index contributed by atoms with van der Waals surface area (Å²) in [6.07, 6.45) is 0.00464. The average Bonchev–Trinajstić information content (AvgIpc) is 3.07. The molecule has 2 aromatic heterocycles. The van der Waals surface area contributed by atoms with Gasteiger partial charge in [0.15, 0.2) is 0 Å².